The maximum atomic E-state index is 14.2. The van der Waals surface area contributed by atoms with E-state index in [4.69, 9.17) is 13.8 Å². The molecule has 0 radical (unpaired) electrons. The molecule has 3 rings (SSSR count). The minimum atomic E-state index is -3.90. The topological polar surface area (TPSA) is 73.9 Å². The molecule has 1 atom stereocenters. The number of ether oxygens (including phenoxy) is 1. The van der Waals surface area contributed by atoms with E-state index in [0.717, 1.165) is 29.5 Å². The molecular formula is C28H34NO5P. The Morgan fingerprint density at radius 2 is 1.29 bits per heavy atom. The summed E-state index contributed by atoms with van der Waals surface area (Å²) in [7, 11) is -3.90. The molecule has 1 amide bonds. The molecule has 0 fully saturated rings. The van der Waals surface area contributed by atoms with Gasteiger partial charge in [-0.2, -0.15) is 0 Å². The number of aryl methyl sites for hydroxylation is 2. The Hall–Kier alpha value is -3.24. The summed E-state index contributed by atoms with van der Waals surface area (Å²) in [5.41, 5.74) is 3.13. The minimum absolute atomic E-state index is 0.106. The number of carbonyl (C=O) groups excluding carboxylic acids is 1. The lowest BCUT2D eigenvalue weighted by molar-refractivity contribution is 0.137. The maximum absolute atomic E-state index is 14.2. The summed E-state index contributed by atoms with van der Waals surface area (Å²) >= 11 is 0. The normalized spacial score (nSPS) is 12.0. The van der Waals surface area contributed by atoms with Crippen LogP contribution in [0.1, 0.15) is 50.3 Å². The number of alkyl carbamates (subject to hydrolysis) is 1. The van der Waals surface area contributed by atoms with E-state index in [-0.39, 0.29) is 6.61 Å². The number of benzene rings is 3. The molecule has 0 spiro atoms. The van der Waals surface area contributed by atoms with E-state index in [0.29, 0.717) is 24.3 Å². The van der Waals surface area contributed by atoms with Crippen molar-refractivity contribution in [2.45, 2.75) is 58.8 Å². The van der Waals surface area contributed by atoms with Gasteiger partial charge in [-0.3, -0.25) is 0 Å². The molecule has 7 heteroatoms. The van der Waals surface area contributed by atoms with E-state index >= 15 is 0 Å². The highest BCUT2D eigenvalue weighted by Gasteiger charge is 2.40. The number of hydrogen-bond donors (Lipinski definition) is 1. The van der Waals surface area contributed by atoms with Crippen molar-refractivity contribution in [3.63, 3.8) is 0 Å². The predicted octanol–water partition coefficient (Wildman–Crippen LogP) is 7.51. The largest absolute Gasteiger partial charge is 0.453 e. The van der Waals surface area contributed by atoms with Gasteiger partial charge in [0.25, 0.3) is 0 Å². The number of nitrogens with one attached hydrogen (secondary N) is 1. The van der Waals surface area contributed by atoms with Crippen molar-refractivity contribution in [2.24, 2.45) is 0 Å². The lowest BCUT2D eigenvalue weighted by Crippen LogP contribution is -2.37. The molecule has 0 unspecified atom stereocenters. The molecule has 0 aliphatic rings. The maximum Gasteiger partial charge on any atom is 0.453 e. The second-order valence-corrected chi connectivity index (χ2v) is 10.3. The Labute approximate surface area is 208 Å². The Kier molecular flexibility index (Phi) is 9.80. The van der Waals surface area contributed by atoms with Crippen LogP contribution >= 0.6 is 7.60 Å². The first kappa shape index (κ1) is 26.4. The third kappa shape index (κ3) is 7.90. The molecule has 3 aromatic carbocycles. The van der Waals surface area contributed by atoms with Crippen LogP contribution < -0.4 is 14.4 Å². The molecule has 0 saturated carbocycles. The molecule has 35 heavy (non-hydrogen) atoms. The first-order valence-electron chi connectivity index (χ1n) is 12.1. The van der Waals surface area contributed by atoms with E-state index < -0.39 is 19.5 Å². The van der Waals surface area contributed by atoms with Crippen molar-refractivity contribution in [2.75, 3.05) is 0 Å². The summed E-state index contributed by atoms with van der Waals surface area (Å²) in [6, 6.07) is 24.2. The van der Waals surface area contributed by atoms with Gasteiger partial charge in [-0.25, -0.2) is 9.36 Å². The minimum Gasteiger partial charge on any atom is -0.445 e. The zero-order chi connectivity index (χ0) is 25.1. The first-order valence-corrected chi connectivity index (χ1v) is 13.7. The highest BCUT2D eigenvalue weighted by atomic mass is 31.2. The van der Waals surface area contributed by atoms with E-state index in [1.165, 1.54) is 0 Å². The van der Waals surface area contributed by atoms with Crippen LogP contribution in [0.25, 0.3) is 0 Å². The first-order chi connectivity index (χ1) is 17.0. The second-order valence-electron chi connectivity index (χ2n) is 8.23. The molecule has 0 heterocycles. The summed E-state index contributed by atoms with van der Waals surface area (Å²) in [5.74, 6) is -0.0694. The predicted molar refractivity (Wildman–Crippen MR) is 139 cm³/mol. The summed E-state index contributed by atoms with van der Waals surface area (Å²) < 4.78 is 31.6. The van der Waals surface area contributed by atoms with E-state index in [1.807, 2.05) is 61.5 Å². The van der Waals surface area contributed by atoms with Gasteiger partial charge in [-0.05, 0) is 60.2 Å². The van der Waals surface area contributed by atoms with Crippen LogP contribution in [0.5, 0.6) is 11.5 Å². The SMILES string of the molecule is CCC[C@@H](NC(=O)OCc1ccccc1)P(=O)(Oc1ccc(CC)cc1)Oc1ccc(CC)cc1. The van der Waals surface area contributed by atoms with Crippen molar-refractivity contribution in [3.8, 4) is 11.5 Å². The second kappa shape index (κ2) is 13.0. The van der Waals surface area contributed by atoms with Crippen molar-refractivity contribution >= 4 is 13.7 Å². The third-order valence-electron chi connectivity index (χ3n) is 5.57. The molecule has 0 aromatic heterocycles. The quantitative estimate of drug-likeness (QED) is 0.263. The molecular weight excluding hydrogens is 461 g/mol. The summed E-state index contributed by atoms with van der Waals surface area (Å²) in [6.07, 6.45) is 2.13. The molecule has 1 N–H and O–H groups in total. The van der Waals surface area contributed by atoms with Crippen molar-refractivity contribution in [1.82, 2.24) is 5.32 Å². The van der Waals surface area contributed by atoms with Gasteiger partial charge in [-0.1, -0.05) is 81.8 Å². The van der Waals surface area contributed by atoms with Crippen LogP contribution in [-0.2, 0) is 28.8 Å². The van der Waals surface area contributed by atoms with Gasteiger partial charge < -0.3 is 19.1 Å². The fraction of sp³-hybridized carbons (Fsp3) is 0.321. The molecule has 0 saturated heterocycles. The zero-order valence-corrected chi connectivity index (χ0v) is 21.5. The Morgan fingerprint density at radius 3 is 1.74 bits per heavy atom. The van der Waals surface area contributed by atoms with Crippen LogP contribution in [0.2, 0.25) is 0 Å². The average Bonchev–Trinajstić information content (AvgIpc) is 2.88. The van der Waals surface area contributed by atoms with E-state index in [1.54, 1.807) is 24.3 Å². The van der Waals surface area contributed by atoms with Crippen LogP contribution in [-0.4, -0.2) is 11.9 Å². The molecule has 6 nitrogen and oxygen atoms in total. The Balaban J connectivity index is 1.82. The lowest BCUT2D eigenvalue weighted by Gasteiger charge is -2.28. The fourth-order valence-corrected chi connectivity index (χ4v) is 5.46. The number of hydrogen-bond acceptors (Lipinski definition) is 5. The smallest absolute Gasteiger partial charge is 0.445 e. The van der Waals surface area contributed by atoms with E-state index in [2.05, 4.69) is 19.2 Å². The molecule has 186 valence electrons. The highest BCUT2D eigenvalue weighted by Crippen LogP contribution is 2.53. The van der Waals surface area contributed by atoms with Crippen molar-refractivity contribution < 1.29 is 23.1 Å². The van der Waals surface area contributed by atoms with Gasteiger partial charge in [0.05, 0.1) is 0 Å². The highest BCUT2D eigenvalue weighted by molar-refractivity contribution is 7.55. The van der Waals surface area contributed by atoms with Crippen LogP contribution in [0.3, 0.4) is 0 Å². The lowest BCUT2D eigenvalue weighted by atomic mass is 10.2. The van der Waals surface area contributed by atoms with Crippen molar-refractivity contribution in [1.29, 1.82) is 0 Å². The van der Waals surface area contributed by atoms with Gasteiger partial charge in [0.2, 0.25) is 0 Å². The average molecular weight is 496 g/mol. The number of amides is 1. The number of rotatable bonds is 12. The van der Waals surface area contributed by atoms with Gasteiger partial charge >= 0.3 is 13.7 Å². The van der Waals surface area contributed by atoms with E-state index in [9.17, 15) is 9.36 Å². The Bertz CT molecular complexity index is 1050. The van der Waals surface area contributed by atoms with Gasteiger partial charge in [0.1, 0.15) is 18.1 Å². The fourth-order valence-electron chi connectivity index (χ4n) is 3.50. The van der Waals surface area contributed by atoms with Gasteiger partial charge in [0.15, 0.2) is 5.78 Å². The van der Waals surface area contributed by atoms with Crippen LogP contribution in [0.4, 0.5) is 4.79 Å². The number of carbonyl (C=O) groups is 1. The molecule has 0 bridgehead atoms. The summed E-state index contributed by atoms with van der Waals surface area (Å²) in [5, 5.41) is 2.74. The third-order valence-corrected chi connectivity index (χ3v) is 7.65. The molecule has 3 aromatic rings. The zero-order valence-electron chi connectivity index (χ0n) is 20.6. The standard InChI is InChI=1S/C28H34NO5P/c1-4-10-27(29-28(30)32-21-24-11-8-7-9-12-24)35(31,33-25-17-13-22(5-2)14-18-25)34-26-19-15-23(6-3)16-20-26/h7-9,11-20,27H,4-6,10,21H2,1-3H3,(H,29,30)/t27-/m0/s1. The van der Waals surface area contributed by atoms with Gasteiger partial charge in [0, 0.05) is 0 Å². The van der Waals surface area contributed by atoms with Crippen LogP contribution in [0.15, 0.2) is 78.9 Å². The van der Waals surface area contributed by atoms with Gasteiger partial charge in [-0.15, -0.1) is 0 Å². The monoisotopic (exact) mass is 495 g/mol. The van der Waals surface area contributed by atoms with Crippen LogP contribution in [0, 0.1) is 0 Å². The van der Waals surface area contributed by atoms with Crippen molar-refractivity contribution in [3.05, 3.63) is 95.6 Å². The Morgan fingerprint density at radius 1 is 0.771 bits per heavy atom. The molecule has 0 aliphatic carbocycles. The summed E-state index contributed by atoms with van der Waals surface area (Å²) in [6.45, 7) is 6.17. The summed E-state index contributed by atoms with van der Waals surface area (Å²) in [4.78, 5) is 12.7. The molecule has 0 aliphatic heterocycles.